The number of hydrogen-bond acceptors (Lipinski definition) is 4. The van der Waals surface area contributed by atoms with E-state index >= 15 is 0 Å². The fraction of sp³-hybridized carbons (Fsp3) is 0.800. The number of nitrogens with zero attached hydrogens (tertiary/aromatic N) is 1. The Hall–Kier alpha value is -0.960. The lowest BCUT2D eigenvalue weighted by Crippen LogP contribution is -2.47. The number of thioether (sulfide) groups is 1. The first-order chi connectivity index (χ1) is 8.44. The summed E-state index contributed by atoms with van der Waals surface area (Å²) in [5.74, 6) is -1.21. The average Bonchev–Trinajstić information content (AvgIpc) is 2.20. The number of aliphatic imine (C=N–C) groups is 1. The molecule has 0 fully saturated rings. The zero-order chi connectivity index (χ0) is 15.3. The molecule has 0 saturated carbocycles. The molecule has 5 N–H and O–H groups in total. The van der Waals surface area contributed by atoms with E-state index in [2.05, 4.69) is 4.99 Å². The molecule has 0 aliphatic carbocycles. The lowest BCUT2D eigenvalue weighted by Gasteiger charge is -2.23. The Bertz CT molecular complexity index is 341. The number of nitrogens with two attached hydrogens (primary N) is 2. The SMILES string of the molecule is CC(N)=NCC(CC(F)(F)F)SC[C@](C)(N)C(=O)O. The first kappa shape index (κ1) is 18.0. The van der Waals surface area contributed by atoms with Crippen LogP contribution >= 0.6 is 11.8 Å². The van der Waals surface area contributed by atoms with Gasteiger partial charge < -0.3 is 16.6 Å². The standard InChI is InChI=1S/C10H18F3N3O2S/c1-6(14)16-4-7(3-10(11,12)13)19-5-9(2,15)8(17)18/h7H,3-5,15H2,1-2H3,(H2,14,16)(H,17,18)/t7?,9-/m0/s1. The van der Waals surface area contributed by atoms with Crippen molar-refractivity contribution in [2.75, 3.05) is 12.3 Å². The van der Waals surface area contributed by atoms with E-state index in [1.165, 1.54) is 13.8 Å². The van der Waals surface area contributed by atoms with Gasteiger partial charge in [0.05, 0.1) is 18.8 Å². The molecule has 0 aromatic heterocycles. The zero-order valence-corrected chi connectivity index (χ0v) is 11.5. The smallest absolute Gasteiger partial charge is 0.390 e. The van der Waals surface area contributed by atoms with E-state index < -0.39 is 29.4 Å². The number of amidine groups is 1. The summed E-state index contributed by atoms with van der Waals surface area (Å²) in [5.41, 5.74) is 9.17. The van der Waals surface area contributed by atoms with Crippen molar-refractivity contribution < 1.29 is 23.1 Å². The van der Waals surface area contributed by atoms with Crippen LogP contribution in [0.1, 0.15) is 20.3 Å². The molecule has 0 aliphatic rings. The summed E-state index contributed by atoms with van der Waals surface area (Å²) >= 11 is 0.837. The second-order valence-corrected chi connectivity index (χ2v) is 5.75. The van der Waals surface area contributed by atoms with Crippen LogP contribution in [0, 0.1) is 0 Å². The summed E-state index contributed by atoms with van der Waals surface area (Å²) in [6.45, 7) is 2.60. The molecule has 0 rings (SSSR count). The Morgan fingerprint density at radius 3 is 2.37 bits per heavy atom. The quantitative estimate of drug-likeness (QED) is 0.485. The summed E-state index contributed by atoms with van der Waals surface area (Å²) in [4.78, 5) is 14.5. The minimum absolute atomic E-state index is 0.123. The van der Waals surface area contributed by atoms with Gasteiger partial charge in [-0.3, -0.25) is 9.79 Å². The number of aliphatic carboxylic acids is 1. The van der Waals surface area contributed by atoms with E-state index in [1.807, 2.05) is 0 Å². The zero-order valence-electron chi connectivity index (χ0n) is 10.7. The monoisotopic (exact) mass is 301 g/mol. The average molecular weight is 301 g/mol. The van der Waals surface area contributed by atoms with Gasteiger partial charge in [-0.1, -0.05) is 0 Å². The molecule has 0 bridgehead atoms. The summed E-state index contributed by atoms with van der Waals surface area (Å²) in [6, 6.07) is 0. The van der Waals surface area contributed by atoms with E-state index in [4.69, 9.17) is 16.6 Å². The topological polar surface area (TPSA) is 102 Å². The highest BCUT2D eigenvalue weighted by molar-refractivity contribution is 8.00. The molecule has 2 atom stereocenters. The molecule has 0 amide bonds. The fourth-order valence-electron chi connectivity index (χ4n) is 1.03. The number of rotatable bonds is 7. The molecule has 112 valence electrons. The Balaban J connectivity index is 4.59. The minimum Gasteiger partial charge on any atom is -0.480 e. The van der Waals surface area contributed by atoms with Crippen LogP contribution in [0.5, 0.6) is 0 Å². The van der Waals surface area contributed by atoms with Crippen LogP contribution in [0.3, 0.4) is 0 Å². The summed E-state index contributed by atoms with van der Waals surface area (Å²) in [6.07, 6.45) is -5.41. The molecule has 5 nitrogen and oxygen atoms in total. The molecule has 0 radical (unpaired) electrons. The Kier molecular flexibility index (Phi) is 6.64. The Morgan fingerprint density at radius 2 is 2.00 bits per heavy atom. The number of carbonyl (C=O) groups is 1. The van der Waals surface area contributed by atoms with Crippen molar-refractivity contribution in [3.63, 3.8) is 0 Å². The van der Waals surface area contributed by atoms with E-state index in [1.54, 1.807) is 0 Å². The van der Waals surface area contributed by atoms with E-state index in [0.717, 1.165) is 11.8 Å². The fourth-order valence-corrected chi connectivity index (χ4v) is 2.23. The van der Waals surface area contributed by atoms with Crippen LogP contribution in [0.25, 0.3) is 0 Å². The van der Waals surface area contributed by atoms with Crippen molar-refractivity contribution in [2.45, 2.75) is 37.2 Å². The predicted molar refractivity (Wildman–Crippen MR) is 69.3 cm³/mol. The molecule has 9 heteroatoms. The molecule has 0 aromatic carbocycles. The largest absolute Gasteiger partial charge is 0.480 e. The van der Waals surface area contributed by atoms with Crippen LogP contribution in [-0.2, 0) is 4.79 Å². The Morgan fingerprint density at radius 1 is 1.47 bits per heavy atom. The molecule has 1 unspecified atom stereocenters. The molecule has 0 heterocycles. The number of alkyl halides is 3. The lowest BCUT2D eigenvalue weighted by molar-refractivity contribution is -0.141. The van der Waals surface area contributed by atoms with Gasteiger partial charge in [-0.25, -0.2) is 0 Å². The summed E-state index contributed by atoms with van der Waals surface area (Å²) in [7, 11) is 0. The highest BCUT2D eigenvalue weighted by Crippen LogP contribution is 2.29. The second-order valence-electron chi connectivity index (χ2n) is 4.46. The van der Waals surface area contributed by atoms with E-state index in [9.17, 15) is 18.0 Å². The van der Waals surface area contributed by atoms with Crippen LogP contribution in [-0.4, -0.2) is 46.2 Å². The third-order valence-electron chi connectivity index (χ3n) is 2.11. The maximum atomic E-state index is 12.4. The van der Waals surface area contributed by atoms with E-state index in [-0.39, 0.29) is 18.1 Å². The molecule has 0 aromatic rings. The van der Waals surface area contributed by atoms with Crippen LogP contribution in [0.4, 0.5) is 13.2 Å². The van der Waals surface area contributed by atoms with E-state index in [0.29, 0.717) is 0 Å². The first-order valence-corrected chi connectivity index (χ1v) is 6.46. The van der Waals surface area contributed by atoms with Crippen molar-refractivity contribution in [3.05, 3.63) is 0 Å². The molecular formula is C10H18F3N3O2S. The van der Waals surface area contributed by atoms with Gasteiger partial charge >= 0.3 is 12.1 Å². The number of halogens is 3. The van der Waals surface area contributed by atoms with Gasteiger partial charge in [0.1, 0.15) is 5.54 Å². The molecule has 0 aliphatic heterocycles. The van der Waals surface area contributed by atoms with Gasteiger partial charge in [0, 0.05) is 11.0 Å². The van der Waals surface area contributed by atoms with Gasteiger partial charge in [0.25, 0.3) is 0 Å². The van der Waals surface area contributed by atoms with Gasteiger partial charge in [-0.05, 0) is 13.8 Å². The van der Waals surface area contributed by atoms with Crippen molar-refractivity contribution in [1.29, 1.82) is 0 Å². The number of carboxylic acids is 1. The normalized spacial score (nSPS) is 17.9. The molecule has 0 spiro atoms. The van der Waals surface area contributed by atoms with Crippen molar-refractivity contribution >= 4 is 23.6 Å². The van der Waals surface area contributed by atoms with Crippen LogP contribution in [0.2, 0.25) is 0 Å². The van der Waals surface area contributed by atoms with Gasteiger partial charge in [-0.2, -0.15) is 24.9 Å². The third kappa shape index (κ3) is 8.71. The second kappa shape index (κ2) is 6.99. The first-order valence-electron chi connectivity index (χ1n) is 5.41. The Labute approximate surface area is 113 Å². The van der Waals surface area contributed by atoms with Gasteiger partial charge in [0.15, 0.2) is 0 Å². The van der Waals surface area contributed by atoms with Crippen molar-refractivity contribution in [1.82, 2.24) is 0 Å². The number of carboxylic acid groups (broad SMARTS) is 1. The summed E-state index contributed by atoms with van der Waals surface area (Å²) < 4.78 is 37.1. The maximum absolute atomic E-state index is 12.4. The molecule has 19 heavy (non-hydrogen) atoms. The van der Waals surface area contributed by atoms with Crippen LogP contribution in [0.15, 0.2) is 4.99 Å². The molecular weight excluding hydrogens is 283 g/mol. The van der Waals surface area contributed by atoms with Crippen molar-refractivity contribution in [3.8, 4) is 0 Å². The number of hydrogen-bond donors (Lipinski definition) is 3. The highest BCUT2D eigenvalue weighted by atomic mass is 32.2. The van der Waals surface area contributed by atoms with Gasteiger partial charge in [-0.15, -0.1) is 0 Å². The highest BCUT2D eigenvalue weighted by Gasteiger charge is 2.35. The third-order valence-corrected chi connectivity index (χ3v) is 3.66. The van der Waals surface area contributed by atoms with Crippen molar-refractivity contribution in [2.24, 2.45) is 16.5 Å². The van der Waals surface area contributed by atoms with Gasteiger partial charge in [0.2, 0.25) is 0 Å². The maximum Gasteiger partial charge on any atom is 0.390 e. The molecule has 0 saturated heterocycles. The lowest BCUT2D eigenvalue weighted by atomic mass is 10.1. The summed E-state index contributed by atoms with van der Waals surface area (Å²) in [5, 5.41) is 7.89. The predicted octanol–water partition coefficient (Wildman–Crippen LogP) is 1.22. The van der Waals surface area contributed by atoms with Crippen LogP contribution < -0.4 is 11.5 Å². The minimum atomic E-state index is -4.34.